The number of guanidine groups is 1. The fourth-order valence-corrected chi connectivity index (χ4v) is 4.83. The Morgan fingerprint density at radius 3 is 2.12 bits per heavy atom. The van der Waals surface area contributed by atoms with E-state index >= 15 is 0 Å². The van der Waals surface area contributed by atoms with Gasteiger partial charge in [0.15, 0.2) is 0 Å². The van der Waals surface area contributed by atoms with Crippen LogP contribution >= 0.6 is 0 Å². The van der Waals surface area contributed by atoms with Gasteiger partial charge in [-0.15, -0.1) is 0 Å². The number of hydrogen-bond donors (Lipinski definition) is 0. The van der Waals surface area contributed by atoms with Gasteiger partial charge >= 0.3 is 6.09 Å². The molecule has 6 nitrogen and oxygen atoms in total. The highest BCUT2D eigenvalue weighted by Gasteiger charge is 2.43. The van der Waals surface area contributed by atoms with Crippen molar-refractivity contribution in [1.29, 1.82) is 0 Å². The molecule has 2 amide bonds. The minimum atomic E-state index is -0.790. The molecule has 0 radical (unpaired) electrons. The van der Waals surface area contributed by atoms with Gasteiger partial charge < -0.3 is 9.64 Å². The molecule has 0 aromatic heterocycles. The van der Waals surface area contributed by atoms with Crippen LogP contribution in [0, 0.1) is 19.7 Å². The maximum Gasteiger partial charge on any atom is 0.421 e. The number of benzene rings is 4. The molecule has 5 rings (SSSR count). The van der Waals surface area contributed by atoms with E-state index in [1.807, 2.05) is 98.8 Å². The first-order chi connectivity index (χ1) is 20.3. The SMILES string of the molecule is Cc1ccc(/C=C2/C(Cc3ccc(C)cc3)N(C)C(=NC(=O)c3ccccc3F)N2C(=O)OCc2ccccc2)cc1. The number of ether oxygens (including phenoxy) is 1. The molecule has 212 valence electrons. The molecule has 1 atom stereocenters. The second-order valence-electron chi connectivity index (χ2n) is 10.4. The van der Waals surface area contributed by atoms with Crippen LogP contribution in [0.5, 0.6) is 0 Å². The maximum atomic E-state index is 14.5. The summed E-state index contributed by atoms with van der Waals surface area (Å²) in [5, 5.41) is 0. The number of amides is 2. The molecule has 4 aromatic carbocycles. The van der Waals surface area contributed by atoms with E-state index in [9.17, 15) is 14.0 Å². The summed E-state index contributed by atoms with van der Waals surface area (Å²) in [5.74, 6) is -1.41. The van der Waals surface area contributed by atoms with Crippen molar-refractivity contribution in [3.63, 3.8) is 0 Å². The van der Waals surface area contributed by atoms with Crippen molar-refractivity contribution in [2.45, 2.75) is 32.9 Å². The van der Waals surface area contributed by atoms with Crippen LogP contribution in [0.3, 0.4) is 0 Å². The van der Waals surface area contributed by atoms with Gasteiger partial charge in [0.05, 0.1) is 17.3 Å². The number of carbonyl (C=O) groups is 2. The maximum absolute atomic E-state index is 14.5. The topological polar surface area (TPSA) is 62.2 Å². The quantitative estimate of drug-likeness (QED) is 0.250. The average molecular weight is 562 g/mol. The van der Waals surface area contributed by atoms with Gasteiger partial charge in [-0.2, -0.15) is 4.99 Å². The Balaban J connectivity index is 1.60. The predicted molar refractivity (Wildman–Crippen MR) is 162 cm³/mol. The monoisotopic (exact) mass is 561 g/mol. The van der Waals surface area contributed by atoms with Gasteiger partial charge in [0, 0.05) is 7.05 Å². The molecule has 1 aliphatic rings. The first kappa shape index (κ1) is 28.5. The number of likely N-dealkylation sites (N-methyl/N-ethyl adjacent to an activating group) is 1. The molecular weight excluding hydrogens is 529 g/mol. The summed E-state index contributed by atoms with van der Waals surface area (Å²) in [5.41, 5.74) is 5.40. The molecule has 42 heavy (non-hydrogen) atoms. The van der Waals surface area contributed by atoms with Gasteiger partial charge in [0.25, 0.3) is 5.91 Å². The smallest absolute Gasteiger partial charge is 0.421 e. The number of rotatable bonds is 6. The van der Waals surface area contributed by atoms with Crippen molar-refractivity contribution >= 4 is 24.0 Å². The van der Waals surface area contributed by atoms with E-state index in [-0.39, 0.29) is 24.2 Å². The molecule has 1 heterocycles. The van der Waals surface area contributed by atoms with E-state index in [1.165, 1.54) is 23.1 Å². The Hall–Kier alpha value is -5.04. The summed E-state index contributed by atoms with van der Waals surface area (Å²) in [6.07, 6.45) is 1.76. The van der Waals surface area contributed by atoms with Crippen molar-refractivity contribution in [3.05, 3.63) is 148 Å². The zero-order valence-corrected chi connectivity index (χ0v) is 23.8. The van der Waals surface area contributed by atoms with E-state index in [4.69, 9.17) is 4.74 Å². The van der Waals surface area contributed by atoms with Gasteiger partial charge in [0.1, 0.15) is 12.4 Å². The standard InChI is InChI=1S/C35H32FN3O3/c1-24-13-17-26(18-14-24)21-31-32(22-27-19-15-25(2)16-20-27)39(35(41)42-23-28-9-5-4-6-10-28)34(38(31)3)37-33(40)29-11-7-8-12-30(29)36/h4-20,22,31H,21,23H2,1-3H3/b32-22-,37-34?. The Morgan fingerprint density at radius 2 is 1.45 bits per heavy atom. The Labute approximate surface area is 245 Å². The van der Waals surface area contributed by atoms with Crippen LogP contribution in [-0.2, 0) is 17.8 Å². The fraction of sp³-hybridized carbons (Fsp3) is 0.171. The molecule has 1 unspecified atom stereocenters. The van der Waals surface area contributed by atoms with Gasteiger partial charge in [-0.25, -0.2) is 14.1 Å². The molecule has 1 saturated heterocycles. The molecule has 0 spiro atoms. The van der Waals surface area contributed by atoms with E-state index in [1.54, 1.807) is 18.0 Å². The average Bonchev–Trinajstić information content (AvgIpc) is 3.24. The van der Waals surface area contributed by atoms with E-state index in [0.717, 1.165) is 27.8 Å². The van der Waals surface area contributed by atoms with Crippen molar-refractivity contribution in [1.82, 2.24) is 9.80 Å². The number of hydrogen-bond acceptors (Lipinski definition) is 3. The summed E-state index contributed by atoms with van der Waals surface area (Å²) in [6.45, 7) is 4.07. The number of halogens is 1. The van der Waals surface area contributed by atoms with Gasteiger partial charge in [-0.1, -0.05) is 102 Å². The highest BCUT2D eigenvalue weighted by molar-refractivity contribution is 6.08. The molecular formula is C35H32FN3O3. The van der Waals surface area contributed by atoms with Crippen LogP contribution in [0.4, 0.5) is 9.18 Å². The molecule has 0 bridgehead atoms. The van der Waals surface area contributed by atoms with Gasteiger partial charge in [-0.05, 0) is 55.2 Å². The normalized spacial score (nSPS) is 16.7. The molecule has 7 heteroatoms. The zero-order valence-electron chi connectivity index (χ0n) is 23.8. The number of aryl methyl sites for hydroxylation is 2. The third kappa shape index (κ3) is 6.47. The summed E-state index contributed by atoms with van der Waals surface area (Å²) in [4.78, 5) is 34.5. The Bertz CT molecular complexity index is 1630. The van der Waals surface area contributed by atoms with Gasteiger partial charge in [0.2, 0.25) is 5.96 Å². The van der Waals surface area contributed by atoms with Crippen LogP contribution in [0.25, 0.3) is 6.08 Å². The number of carbonyl (C=O) groups excluding carboxylic acids is 2. The van der Waals surface area contributed by atoms with E-state index in [0.29, 0.717) is 12.1 Å². The first-order valence-electron chi connectivity index (χ1n) is 13.7. The van der Waals surface area contributed by atoms with Crippen molar-refractivity contribution in [2.24, 2.45) is 4.99 Å². The fourth-order valence-electron chi connectivity index (χ4n) is 4.83. The zero-order chi connectivity index (χ0) is 29.6. The third-order valence-electron chi connectivity index (χ3n) is 7.22. The minimum absolute atomic E-state index is 0.0366. The van der Waals surface area contributed by atoms with Crippen molar-refractivity contribution in [2.75, 3.05) is 7.05 Å². The lowest BCUT2D eigenvalue weighted by molar-refractivity contribution is 0.0995. The lowest BCUT2D eigenvalue weighted by Gasteiger charge is -2.20. The van der Waals surface area contributed by atoms with Crippen LogP contribution in [0.15, 0.2) is 114 Å². The third-order valence-corrected chi connectivity index (χ3v) is 7.22. The Morgan fingerprint density at radius 1 is 0.833 bits per heavy atom. The van der Waals surface area contributed by atoms with E-state index < -0.39 is 17.8 Å². The first-order valence-corrected chi connectivity index (χ1v) is 13.7. The summed E-state index contributed by atoms with van der Waals surface area (Å²) < 4.78 is 20.3. The number of aliphatic imine (C=N–C) groups is 1. The predicted octanol–water partition coefficient (Wildman–Crippen LogP) is 7.18. The van der Waals surface area contributed by atoms with Crippen LogP contribution in [-0.4, -0.2) is 40.8 Å². The van der Waals surface area contributed by atoms with Crippen molar-refractivity contribution < 1.29 is 18.7 Å². The largest absolute Gasteiger partial charge is 0.444 e. The highest BCUT2D eigenvalue weighted by atomic mass is 19.1. The lowest BCUT2D eigenvalue weighted by Crippen LogP contribution is -2.37. The summed E-state index contributed by atoms with van der Waals surface area (Å²) >= 11 is 0. The van der Waals surface area contributed by atoms with Crippen LogP contribution in [0.1, 0.15) is 38.2 Å². The van der Waals surface area contributed by atoms with Crippen LogP contribution in [0.2, 0.25) is 0 Å². The molecule has 0 N–H and O–H groups in total. The molecule has 1 fully saturated rings. The molecule has 1 aliphatic heterocycles. The van der Waals surface area contributed by atoms with Crippen LogP contribution < -0.4 is 0 Å². The Kier molecular flexibility index (Phi) is 8.58. The van der Waals surface area contributed by atoms with Gasteiger partial charge in [-0.3, -0.25) is 4.79 Å². The highest BCUT2D eigenvalue weighted by Crippen LogP contribution is 2.32. The molecule has 4 aromatic rings. The summed E-state index contributed by atoms with van der Waals surface area (Å²) in [6, 6.07) is 30.7. The van der Waals surface area contributed by atoms with Crippen molar-refractivity contribution in [3.8, 4) is 0 Å². The second-order valence-corrected chi connectivity index (χ2v) is 10.4. The molecule has 0 saturated carbocycles. The number of nitrogens with zero attached hydrogens (tertiary/aromatic N) is 3. The molecule has 0 aliphatic carbocycles. The summed E-state index contributed by atoms with van der Waals surface area (Å²) in [7, 11) is 1.78. The second kappa shape index (κ2) is 12.6. The van der Waals surface area contributed by atoms with E-state index in [2.05, 4.69) is 4.99 Å². The lowest BCUT2D eigenvalue weighted by atomic mass is 10.0. The minimum Gasteiger partial charge on any atom is -0.444 e.